The second-order valence-electron chi connectivity index (χ2n) is 5.47. The van der Waals surface area contributed by atoms with Crippen molar-refractivity contribution in [1.82, 2.24) is 0 Å². The van der Waals surface area contributed by atoms with Crippen molar-refractivity contribution in [2.45, 2.75) is 51.5 Å². The molecular formula is C15H21ClFN. The Balaban J connectivity index is 2.15. The number of benzene rings is 1. The van der Waals surface area contributed by atoms with Gasteiger partial charge in [-0.05, 0) is 54.9 Å². The number of rotatable bonds is 4. The van der Waals surface area contributed by atoms with E-state index in [4.69, 9.17) is 17.3 Å². The highest BCUT2D eigenvalue weighted by atomic mass is 35.5. The summed E-state index contributed by atoms with van der Waals surface area (Å²) in [6.07, 6.45) is 6.68. The van der Waals surface area contributed by atoms with Gasteiger partial charge in [0.15, 0.2) is 0 Å². The Labute approximate surface area is 114 Å². The molecule has 0 heterocycles. The molecule has 0 aliphatic heterocycles. The third kappa shape index (κ3) is 2.70. The molecule has 1 saturated carbocycles. The van der Waals surface area contributed by atoms with Gasteiger partial charge in [-0.3, -0.25) is 0 Å². The van der Waals surface area contributed by atoms with Gasteiger partial charge in [0.1, 0.15) is 5.82 Å². The number of hydrogen-bond donors (Lipinski definition) is 1. The zero-order chi connectivity index (χ0) is 13.2. The van der Waals surface area contributed by atoms with E-state index < -0.39 is 0 Å². The first kappa shape index (κ1) is 13.8. The van der Waals surface area contributed by atoms with Gasteiger partial charge in [0.2, 0.25) is 0 Å². The molecule has 0 spiro atoms. The van der Waals surface area contributed by atoms with Crippen LogP contribution < -0.4 is 5.73 Å². The van der Waals surface area contributed by atoms with Gasteiger partial charge >= 0.3 is 0 Å². The third-order valence-electron chi connectivity index (χ3n) is 4.54. The molecule has 1 aromatic rings. The van der Waals surface area contributed by atoms with Gasteiger partial charge in [-0.25, -0.2) is 4.39 Å². The Morgan fingerprint density at radius 3 is 2.67 bits per heavy atom. The van der Waals surface area contributed by atoms with Crippen molar-refractivity contribution in [3.63, 3.8) is 0 Å². The summed E-state index contributed by atoms with van der Waals surface area (Å²) >= 11 is 6.11. The summed E-state index contributed by atoms with van der Waals surface area (Å²) in [5.41, 5.74) is 7.46. The van der Waals surface area contributed by atoms with Crippen LogP contribution in [-0.4, -0.2) is 6.04 Å². The van der Waals surface area contributed by atoms with Crippen molar-refractivity contribution in [2.24, 2.45) is 11.1 Å². The van der Waals surface area contributed by atoms with Crippen molar-refractivity contribution in [1.29, 1.82) is 0 Å². The Morgan fingerprint density at radius 2 is 2.06 bits per heavy atom. The van der Waals surface area contributed by atoms with Gasteiger partial charge in [-0.1, -0.05) is 31.4 Å². The van der Waals surface area contributed by atoms with Crippen LogP contribution in [0.5, 0.6) is 0 Å². The molecule has 0 amide bonds. The highest BCUT2D eigenvalue weighted by Gasteiger charge is 2.37. The molecule has 1 atom stereocenters. The highest BCUT2D eigenvalue weighted by Crippen LogP contribution is 2.44. The van der Waals surface area contributed by atoms with Crippen molar-refractivity contribution in [3.8, 4) is 0 Å². The van der Waals surface area contributed by atoms with E-state index in [0.29, 0.717) is 11.4 Å². The molecule has 3 heteroatoms. The van der Waals surface area contributed by atoms with Crippen molar-refractivity contribution in [3.05, 3.63) is 34.6 Å². The standard InChI is InChI=1S/C15H21ClFN/c1-2-15(7-3-4-8-15)14(18)10-11-9-12(17)5-6-13(11)16/h5-6,9,14H,2-4,7-8,10,18H2,1H3. The van der Waals surface area contributed by atoms with Crippen LogP contribution in [-0.2, 0) is 6.42 Å². The first-order chi connectivity index (χ1) is 8.57. The predicted octanol–water partition coefficient (Wildman–Crippen LogP) is 4.32. The minimum absolute atomic E-state index is 0.0734. The molecule has 1 fully saturated rings. The van der Waals surface area contributed by atoms with Gasteiger partial charge < -0.3 is 5.73 Å². The van der Waals surface area contributed by atoms with Gasteiger partial charge in [-0.15, -0.1) is 0 Å². The lowest BCUT2D eigenvalue weighted by Gasteiger charge is -2.34. The fourth-order valence-corrected chi connectivity index (χ4v) is 3.41. The Morgan fingerprint density at radius 1 is 1.39 bits per heavy atom. The molecular weight excluding hydrogens is 249 g/mol. The summed E-state index contributed by atoms with van der Waals surface area (Å²) in [4.78, 5) is 0. The number of nitrogens with two attached hydrogens (primary N) is 1. The molecule has 18 heavy (non-hydrogen) atoms. The molecule has 100 valence electrons. The lowest BCUT2D eigenvalue weighted by molar-refractivity contribution is 0.218. The van der Waals surface area contributed by atoms with Gasteiger partial charge in [0.05, 0.1) is 0 Å². The first-order valence-corrected chi connectivity index (χ1v) is 7.15. The summed E-state index contributed by atoms with van der Waals surface area (Å²) < 4.78 is 13.3. The Kier molecular flexibility index (Phi) is 4.29. The summed E-state index contributed by atoms with van der Waals surface area (Å²) in [5.74, 6) is -0.237. The van der Waals surface area contributed by atoms with Crippen LogP contribution in [0.4, 0.5) is 4.39 Å². The van der Waals surface area contributed by atoms with Gasteiger partial charge in [-0.2, -0.15) is 0 Å². The van der Waals surface area contributed by atoms with E-state index in [-0.39, 0.29) is 17.3 Å². The molecule has 1 aliphatic rings. The van der Waals surface area contributed by atoms with Crippen LogP contribution in [0.15, 0.2) is 18.2 Å². The molecule has 2 N–H and O–H groups in total. The summed E-state index contributed by atoms with van der Waals surface area (Å²) in [6.45, 7) is 2.21. The van der Waals surface area contributed by atoms with Gasteiger partial charge in [0, 0.05) is 11.1 Å². The second kappa shape index (κ2) is 5.58. The Hall–Kier alpha value is -0.600. The zero-order valence-electron chi connectivity index (χ0n) is 10.9. The monoisotopic (exact) mass is 269 g/mol. The topological polar surface area (TPSA) is 26.0 Å². The van der Waals surface area contributed by atoms with E-state index in [1.54, 1.807) is 6.07 Å². The normalized spacial score (nSPS) is 20.0. The summed E-state index contributed by atoms with van der Waals surface area (Å²) in [7, 11) is 0. The van der Waals surface area contributed by atoms with Crippen LogP contribution in [0.1, 0.15) is 44.6 Å². The molecule has 0 bridgehead atoms. The molecule has 1 aromatic carbocycles. The lowest BCUT2D eigenvalue weighted by atomic mass is 9.74. The maximum absolute atomic E-state index is 13.3. The van der Waals surface area contributed by atoms with Crippen LogP contribution in [0.25, 0.3) is 0 Å². The van der Waals surface area contributed by atoms with Crippen molar-refractivity contribution in [2.75, 3.05) is 0 Å². The maximum Gasteiger partial charge on any atom is 0.123 e. The number of hydrogen-bond acceptors (Lipinski definition) is 1. The van der Waals surface area contributed by atoms with E-state index in [1.807, 2.05) is 0 Å². The molecule has 2 rings (SSSR count). The molecule has 1 aliphatic carbocycles. The molecule has 1 nitrogen and oxygen atoms in total. The van der Waals surface area contributed by atoms with Crippen molar-refractivity contribution < 1.29 is 4.39 Å². The highest BCUT2D eigenvalue weighted by molar-refractivity contribution is 6.31. The quantitative estimate of drug-likeness (QED) is 0.866. The third-order valence-corrected chi connectivity index (χ3v) is 4.91. The fourth-order valence-electron chi connectivity index (χ4n) is 3.22. The minimum Gasteiger partial charge on any atom is -0.327 e. The average Bonchev–Trinajstić information content (AvgIpc) is 2.84. The van der Waals surface area contributed by atoms with Gasteiger partial charge in [0.25, 0.3) is 0 Å². The van der Waals surface area contributed by atoms with Crippen LogP contribution in [0.2, 0.25) is 5.02 Å². The molecule has 0 saturated heterocycles. The van der Waals surface area contributed by atoms with Crippen LogP contribution in [0, 0.1) is 11.2 Å². The van der Waals surface area contributed by atoms with E-state index >= 15 is 0 Å². The summed E-state index contributed by atoms with van der Waals surface area (Å²) in [5, 5.41) is 0.621. The minimum atomic E-state index is -0.237. The average molecular weight is 270 g/mol. The molecule has 0 radical (unpaired) electrons. The van der Waals surface area contributed by atoms with E-state index in [1.165, 1.54) is 37.8 Å². The second-order valence-corrected chi connectivity index (χ2v) is 5.88. The summed E-state index contributed by atoms with van der Waals surface area (Å²) in [6, 6.07) is 4.60. The van der Waals surface area contributed by atoms with Crippen molar-refractivity contribution >= 4 is 11.6 Å². The lowest BCUT2D eigenvalue weighted by Crippen LogP contribution is -2.41. The van der Waals surface area contributed by atoms with Crippen LogP contribution >= 0.6 is 11.6 Å². The van der Waals surface area contributed by atoms with E-state index in [9.17, 15) is 4.39 Å². The molecule has 1 unspecified atom stereocenters. The van der Waals surface area contributed by atoms with E-state index in [0.717, 1.165) is 12.0 Å². The molecule has 0 aromatic heterocycles. The zero-order valence-corrected chi connectivity index (χ0v) is 11.6. The number of halogens is 2. The van der Waals surface area contributed by atoms with Crippen LogP contribution in [0.3, 0.4) is 0 Å². The fraction of sp³-hybridized carbons (Fsp3) is 0.600. The largest absolute Gasteiger partial charge is 0.327 e. The predicted molar refractivity (Wildman–Crippen MR) is 74.3 cm³/mol. The smallest absolute Gasteiger partial charge is 0.123 e. The Bertz CT molecular complexity index is 413. The first-order valence-electron chi connectivity index (χ1n) is 6.77. The van der Waals surface area contributed by atoms with E-state index in [2.05, 4.69) is 6.92 Å². The maximum atomic E-state index is 13.3. The SMILES string of the molecule is CCC1(C(N)Cc2cc(F)ccc2Cl)CCCC1.